The van der Waals surface area contributed by atoms with E-state index in [9.17, 15) is 8.42 Å². The van der Waals surface area contributed by atoms with Crippen LogP contribution in [-0.4, -0.2) is 55.9 Å². The minimum Gasteiger partial charge on any atom is -0.298 e. The second-order valence-electron chi connectivity index (χ2n) is 7.39. The molecule has 4 rings (SSSR count). The summed E-state index contributed by atoms with van der Waals surface area (Å²) in [6.07, 6.45) is 6.18. The third kappa shape index (κ3) is 3.38. The van der Waals surface area contributed by atoms with Gasteiger partial charge >= 0.3 is 0 Å². The summed E-state index contributed by atoms with van der Waals surface area (Å²) in [5.41, 5.74) is 2.92. The molecule has 0 aromatic heterocycles. The quantitative estimate of drug-likeness (QED) is 0.897. The van der Waals surface area contributed by atoms with Gasteiger partial charge in [-0.05, 0) is 56.2 Å². The number of piperidine rings is 1. The Morgan fingerprint density at radius 2 is 1.62 bits per heavy atom. The largest absolute Gasteiger partial charge is 0.298 e. The number of likely N-dealkylation sites (tertiary alicyclic amines) is 1. The zero-order valence-corrected chi connectivity index (χ0v) is 15.0. The van der Waals surface area contributed by atoms with Crippen molar-refractivity contribution >= 4 is 10.2 Å². The zero-order chi connectivity index (χ0) is 16.6. The number of rotatable bonds is 4. The van der Waals surface area contributed by atoms with Gasteiger partial charge in [-0.3, -0.25) is 4.90 Å². The summed E-state index contributed by atoms with van der Waals surface area (Å²) in [5.74, 6) is 0. The highest BCUT2D eigenvalue weighted by Gasteiger charge is 2.33. The van der Waals surface area contributed by atoms with E-state index in [1.165, 1.54) is 11.1 Å². The molecular formula is C18H27N3O2S. The van der Waals surface area contributed by atoms with Crippen LogP contribution < -0.4 is 4.72 Å². The summed E-state index contributed by atoms with van der Waals surface area (Å²) in [6.45, 7) is 3.26. The SMILES string of the molecule is O=S(=O)(NC1CCCN(C2Cc3ccccc3C2)C1)N1CCCC1. The van der Waals surface area contributed by atoms with E-state index in [0.717, 1.165) is 51.6 Å². The maximum Gasteiger partial charge on any atom is 0.279 e. The Labute approximate surface area is 145 Å². The molecule has 132 valence electrons. The molecule has 24 heavy (non-hydrogen) atoms. The van der Waals surface area contributed by atoms with Gasteiger partial charge in [0.1, 0.15) is 0 Å². The molecule has 1 atom stereocenters. The van der Waals surface area contributed by atoms with Gasteiger partial charge < -0.3 is 0 Å². The van der Waals surface area contributed by atoms with Gasteiger partial charge in [-0.1, -0.05) is 24.3 Å². The topological polar surface area (TPSA) is 52.7 Å². The van der Waals surface area contributed by atoms with Crippen LogP contribution >= 0.6 is 0 Å². The van der Waals surface area contributed by atoms with E-state index in [4.69, 9.17) is 0 Å². The average Bonchev–Trinajstić information content (AvgIpc) is 3.24. The number of fused-ring (bicyclic) bond motifs is 1. The molecule has 0 bridgehead atoms. The molecule has 0 spiro atoms. The summed E-state index contributed by atoms with van der Waals surface area (Å²) >= 11 is 0. The lowest BCUT2D eigenvalue weighted by Crippen LogP contribution is -2.53. The maximum absolute atomic E-state index is 12.5. The van der Waals surface area contributed by atoms with Crippen LogP contribution in [0.2, 0.25) is 0 Å². The van der Waals surface area contributed by atoms with E-state index < -0.39 is 10.2 Å². The number of hydrogen-bond acceptors (Lipinski definition) is 3. The van der Waals surface area contributed by atoms with Crippen LogP contribution in [0.15, 0.2) is 24.3 Å². The first-order valence-electron chi connectivity index (χ1n) is 9.20. The molecule has 1 unspecified atom stereocenters. The predicted molar refractivity (Wildman–Crippen MR) is 95.1 cm³/mol. The summed E-state index contributed by atoms with van der Waals surface area (Å²) in [6, 6.07) is 9.27. The molecule has 1 aromatic carbocycles. The molecule has 1 aliphatic carbocycles. The summed E-state index contributed by atoms with van der Waals surface area (Å²) < 4.78 is 29.6. The molecule has 6 heteroatoms. The first-order valence-corrected chi connectivity index (χ1v) is 10.6. The highest BCUT2D eigenvalue weighted by atomic mass is 32.2. The fraction of sp³-hybridized carbons (Fsp3) is 0.667. The van der Waals surface area contributed by atoms with Crippen LogP contribution in [0.25, 0.3) is 0 Å². The second-order valence-corrected chi connectivity index (χ2v) is 9.10. The number of hydrogen-bond donors (Lipinski definition) is 1. The van der Waals surface area contributed by atoms with Gasteiger partial charge in [0.05, 0.1) is 0 Å². The Morgan fingerprint density at radius 3 is 2.29 bits per heavy atom. The Balaban J connectivity index is 1.38. The smallest absolute Gasteiger partial charge is 0.279 e. The third-order valence-electron chi connectivity index (χ3n) is 5.72. The first kappa shape index (κ1) is 16.5. The van der Waals surface area contributed by atoms with Crippen molar-refractivity contribution in [2.45, 2.75) is 50.6 Å². The number of nitrogens with one attached hydrogen (secondary N) is 1. The first-order chi connectivity index (χ1) is 11.6. The van der Waals surface area contributed by atoms with Crippen LogP contribution in [0.3, 0.4) is 0 Å². The fourth-order valence-electron chi connectivity index (χ4n) is 4.44. The van der Waals surface area contributed by atoms with Crippen molar-refractivity contribution in [1.82, 2.24) is 13.9 Å². The lowest BCUT2D eigenvalue weighted by Gasteiger charge is -2.37. The zero-order valence-electron chi connectivity index (χ0n) is 14.2. The average molecular weight is 350 g/mol. The molecule has 0 saturated carbocycles. The van der Waals surface area contributed by atoms with Crippen LogP contribution in [0, 0.1) is 0 Å². The fourth-order valence-corrected chi connectivity index (χ4v) is 5.94. The van der Waals surface area contributed by atoms with Gasteiger partial charge in [-0.15, -0.1) is 0 Å². The van der Waals surface area contributed by atoms with E-state index in [1.54, 1.807) is 4.31 Å². The normalized spacial score (nSPS) is 26.8. The van der Waals surface area contributed by atoms with Gasteiger partial charge in [-0.2, -0.15) is 17.4 Å². The highest BCUT2D eigenvalue weighted by Crippen LogP contribution is 2.27. The summed E-state index contributed by atoms with van der Waals surface area (Å²) in [5, 5.41) is 0. The monoisotopic (exact) mass is 349 g/mol. The van der Waals surface area contributed by atoms with Crippen molar-refractivity contribution in [3.63, 3.8) is 0 Å². The molecular weight excluding hydrogens is 322 g/mol. The lowest BCUT2D eigenvalue weighted by atomic mass is 10.0. The predicted octanol–water partition coefficient (Wildman–Crippen LogP) is 1.55. The molecule has 1 aromatic rings. The molecule has 2 saturated heterocycles. The second kappa shape index (κ2) is 6.75. The van der Waals surface area contributed by atoms with Crippen molar-refractivity contribution in [1.29, 1.82) is 0 Å². The van der Waals surface area contributed by atoms with Crippen molar-refractivity contribution in [3.05, 3.63) is 35.4 Å². The Bertz CT molecular complexity index is 660. The van der Waals surface area contributed by atoms with Crippen LogP contribution in [-0.2, 0) is 23.1 Å². The van der Waals surface area contributed by atoms with Crippen LogP contribution in [0.1, 0.15) is 36.8 Å². The molecule has 2 aliphatic heterocycles. The Hall–Kier alpha value is -0.950. The van der Waals surface area contributed by atoms with E-state index in [0.29, 0.717) is 19.1 Å². The Morgan fingerprint density at radius 1 is 0.958 bits per heavy atom. The number of nitrogens with zero attached hydrogens (tertiary/aromatic N) is 2. The van der Waals surface area contributed by atoms with Gasteiger partial charge in [0.15, 0.2) is 0 Å². The van der Waals surface area contributed by atoms with E-state index in [-0.39, 0.29) is 6.04 Å². The van der Waals surface area contributed by atoms with E-state index >= 15 is 0 Å². The summed E-state index contributed by atoms with van der Waals surface area (Å²) in [7, 11) is -3.30. The van der Waals surface area contributed by atoms with Crippen molar-refractivity contribution in [2.24, 2.45) is 0 Å². The van der Waals surface area contributed by atoms with Gasteiger partial charge in [-0.25, -0.2) is 0 Å². The molecule has 2 fully saturated rings. The molecule has 3 aliphatic rings. The molecule has 5 nitrogen and oxygen atoms in total. The van der Waals surface area contributed by atoms with Gasteiger partial charge in [0, 0.05) is 31.7 Å². The van der Waals surface area contributed by atoms with Crippen LogP contribution in [0.5, 0.6) is 0 Å². The highest BCUT2D eigenvalue weighted by molar-refractivity contribution is 7.87. The minimum absolute atomic E-state index is 0.0491. The minimum atomic E-state index is -3.30. The van der Waals surface area contributed by atoms with Crippen molar-refractivity contribution in [2.75, 3.05) is 26.2 Å². The van der Waals surface area contributed by atoms with Gasteiger partial charge in [0.2, 0.25) is 0 Å². The lowest BCUT2D eigenvalue weighted by molar-refractivity contribution is 0.147. The molecule has 2 heterocycles. The van der Waals surface area contributed by atoms with Crippen LogP contribution in [0.4, 0.5) is 0 Å². The Kier molecular flexibility index (Phi) is 4.64. The van der Waals surface area contributed by atoms with E-state index in [2.05, 4.69) is 33.9 Å². The van der Waals surface area contributed by atoms with Crippen molar-refractivity contribution in [3.8, 4) is 0 Å². The third-order valence-corrected chi connectivity index (χ3v) is 7.40. The summed E-state index contributed by atoms with van der Waals surface area (Å²) in [4.78, 5) is 2.50. The standard InChI is InChI=1S/C18H27N3O2S/c22-24(23,21-10-3-4-11-21)19-17-8-5-9-20(14-17)18-12-15-6-1-2-7-16(15)13-18/h1-2,6-7,17-19H,3-5,8-14H2. The molecule has 0 radical (unpaired) electrons. The van der Waals surface area contributed by atoms with E-state index in [1.807, 2.05) is 0 Å². The molecule has 1 N–H and O–H groups in total. The number of benzene rings is 1. The van der Waals surface area contributed by atoms with Gasteiger partial charge in [0.25, 0.3) is 10.2 Å². The maximum atomic E-state index is 12.5. The van der Waals surface area contributed by atoms with Crippen molar-refractivity contribution < 1.29 is 8.42 Å². The molecule has 0 amide bonds.